The number of hydrogen-bond donors (Lipinski definition) is 3. The molecule has 0 bridgehead atoms. The summed E-state index contributed by atoms with van der Waals surface area (Å²) in [6.07, 6.45) is 0. The van der Waals surface area contributed by atoms with Crippen LogP contribution in [0.4, 0.5) is 11.4 Å². The van der Waals surface area contributed by atoms with E-state index in [1.807, 2.05) is 0 Å². The molecule has 0 radical (unpaired) electrons. The van der Waals surface area contributed by atoms with Crippen LogP contribution in [-0.4, -0.2) is 40.2 Å². The molecule has 0 saturated carbocycles. The Kier molecular flexibility index (Phi) is 5.64. The van der Waals surface area contributed by atoms with Crippen molar-refractivity contribution in [3.8, 4) is 5.75 Å². The number of anilines is 1. The third kappa shape index (κ3) is 4.34. The van der Waals surface area contributed by atoms with Crippen LogP contribution in [-0.2, 0) is 12.3 Å². The fourth-order valence-electron chi connectivity index (χ4n) is 2.77. The number of aromatic hydroxyl groups is 1. The molecule has 154 valence electrons. The molecule has 0 aliphatic carbocycles. The number of phenols is 1. The fraction of sp³-hybridized carbons (Fsp3) is 0.0526. The Balaban J connectivity index is 1.96. The summed E-state index contributed by atoms with van der Waals surface area (Å²) in [5, 5.41) is 24.1. The van der Waals surface area contributed by atoms with E-state index in [-0.39, 0.29) is 27.0 Å². The maximum absolute atomic E-state index is 12.7. The minimum absolute atomic E-state index is 0.131. The first-order valence-corrected chi connectivity index (χ1v) is 11.7. The summed E-state index contributed by atoms with van der Waals surface area (Å²) >= 11 is -5.47. The van der Waals surface area contributed by atoms with Crippen LogP contribution in [0.25, 0.3) is 10.8 Å². The van der Waals surface area contributed by atoms with E-state index in [0.29, 0.717) is 10.8 Å². The van der Waals surface area contributed by atoms with E-state index in [1.54, 1.807) is 18.2 Å². The Hall–Kier alpha value is -3.62. The van der Waals surface area contributed by atoms with Gasteiger partial charge in [-0.25, -0.2) is 0 Å². The van der Waals surface area contributed by atoms with E-state index in [2.05, 4.69) is 5.32 Å². The molecule has 1 amide bonds. The predicted molar refractivity (Wildman–Crippen MR) is 107 cm³/mol. The second kappa shape index (κ2) is 8.02. The second-order valence-corrected chi connectivity index (χ2v) is 9.91. The quantitative estimate of drug-likeness (QED) is 0.219. The van der Waals surface area contributed by atoms with Crippen molar-refractivity contribution < 1.29 is 31.2 Å². The molecule has 10 nitrogen and oxygen atoms in total. The summed E-state index contributed by atoms with van der Waals surface area (Å²) in [5.41, 5.74) is -0.747. The first-order valence-electron chi connectivity index (χ1n) is 8.43. The second-order valence-electron chi connectivity index (χ2n) is 6.26. The summed E-state index contributed by atoms with van der Waals surface area (Å²) in [4.78, 5) is 34.4. The molecule has 0 heterocycles. The van der Waals surface area contributed by atoms with Gasteiger partial charge in [0.1, 0.15) is 0 Å². The Bertz CT molecular complexity index is 1240. The number of nitrogens with one attached hydrogen (secondary N) is 1. The van der Waals surface area contributed by atoms with E-state index >= 15 is 0 Å². The Labute approximate surface area is 172 Å². The number of rotatable bonds is 5. The third-order valence-electron chi connectivity index (χ3n) is 4.10. The molecule has 11 heteroatoms. The summed E-state index contributed by atoms with van der Waals surface area (Å²) in [5.74, 6) is -2.09. The average Bonchev–Trinajstić information content (AvgIpc) is 2.67. The zero-order valence-electron chi connectivity index (χ0n) is 15.4. The molecule has 3 rings (SSSR count). The van der Waals surface area contributed by atoms with Crippen LogP contribution in [0.2, 0.25) is 0 Å². The van der Waals surface area contributed by atoms with Crippen LogP contribution in [0.3, 0.4) is 0 Å². The molecule has 0 aliphatic rings. The van der Waals surface area contributed by atoms with E-state index in [1.165, 1.54) is 19.1 Å². The first-order chi connectivity index (χ1) is 14.1. The first kappa shape index (κ1) is 21.1. The van der Waals surface area contributed by atoms with Gasteiger partial charge in [0.25, 0.3) is 0 Å². The van der Waals surface area contributed by atoms with Crippen molar-refractivity contribution >= 4 is 52.5 Å². The molecule has 0 spiro atoms. The van der Waals surface area contributed by atoms with Gasteiger partial charge < -0.3 is 0 Å². The van der Waals surface area contributed by atoms with Crippen LogP contribution in [0, 0.1) is 10.1 Å². The molecule has 0 aromatic heterocycles. The van der Waals surface area contributed by atoms with Gasteiger partial charge in [0.2, 0.25) is 0 Å². The standard InChI is InChI=1S/C19H15AsN2O8/c1-11(23)21-16-10-14(6-7-18(16)24)20(26,27)30-19(25)13-8-12-4-2-3-5-15(12)17(9-13)22(28)29/h2-10,24H,1H3,(H,21,23)(H,26,27). The number of hydrogen-bond acceptors (Lipinski definition) is 7. The van der Waals surface area contributed by atoms with Crippen molar-refractivity contribution in [1.29, 1.82) is 0 Å². The summed E-state index contributed by atoms with van der Waals surface area (Å²) < 4.78 is 27.5. The topological polar surface area (TPSA) is 156 Å². The van der Waals surface area contributed by atoms with Crippen LogP contribution >= 0.6 is 0 Å². The van der Waals surface area contributed by atoms with Gasteiger partial charge >= 0.3 is 172 Å². The van der Waals surface area contributed by atoms with Gasteiger partial charge in [-0.05, 0) is 0 Å². The normalized spacial score (nSPS) is 12.7. The van der Waals surface area contributed by atoms with Gasteiger partial charge in [0, 0.05) is 0 Å². The van der Waals surface area contributed by atoms with E-state index in [0.717, 1.165) is 24.3 Å². The Morgan fingerprint density at radius 3 is 2.50 bits per heavy atom. The number of non-ortho nitro benzene ring substituents is 1. The number of nitrogens with zero attached hydrogens (tertiary/aromatic N) is 1. The van der Waals surface area contributed by atoms with Gasteiger partial charge in [-0.3, -0.25) is 0 Å². The van der Waals surface area contributed by atoms with E-state index < -0.39 is 31.0 Å². The Morgan fingerprint density at radius 2 is 1.83 bits per heavy atom. The maximum atomic E-state index is 12.7. The number of carbonyl (C=O) groups is 2. The van der Waals surface area contributed by atoms with E-state index in [9.17, 15) is 32.6 Å². The molecule has 0 saturated heterocycles. The summed E-state index contributed by atoms with van der Waals surface area (Å²) in [7, 11) is 0. The zero-order valence-corrected chi connectivity index (χ0v) is 17.3. The number of nitro benzene ring substituents is 1. The number of phenolic OH excluding ortho intramolecular Hbond substituents is 1. The van der Waals surface area contributed by atoms with Crippen LogP contribution < -0.4 is 9.67 Å². The van der Waals surface area contributed by atoms with Crippen LogP contribution in [0.15, 0.2) is 54.6 Å². The molecule has 3 aromatic rings. The molecule has 3 aromatic carbocycles. The van der Waals surface area contributed by atoms with Gasteiger partial charge in [-0.1, -0.05) is 0 Å². The zero-order chi connectivity index (χ0) is 22.1. The van der Waals surface area contributed by atoms with Gasteiger partial charge in [0.05, 0.1) is 0 Å². The minimum atomic E-state index is -5.47. The fourth-order valence-corrected chi connectivity index (χ4v) is 4.85. The molecular formula is C19H15AsN2O8. The molecular weight excluding hydrogens is 459 g/mol. The van der Waals surface area contributed by atoms with Crippen LogP contribution in [0.5, 0.6) is 5.75 Å². The molecule has 1 atom stereocenters. The van der Waals surface area contributed by atoms with E-state index in [4.69, 9.17) is 3.73 Å². The molecule has 30 heavy (non-hydrogen) atoms. The SMILES string of the molecule is CC(=O)Nc1cc([As](=O)(O)OC(=O)c2cc([N+](=O)[O-])c3ccccc3c2)ccc1O. The van der Waals surface area contributed by atoms with Crippen molar-refractivity contribution in [1.82, 2.24) is 0 Å². The van der Waals surface area contributed by atoms with Crippen LogP contribution in [0.1, 0.15) is 17.3 Å². The summed E-state index contributed by atoms with van der Waals surface area (Å²) in [6, 6.07) is 11.8. The average molecular weight is 474 g/mol. The van der Waals surface area contributed by atoms with Crippen molar-refractivity contribution in [3.63, 3.8) is 0 Å². The van der Waals surface area contributed by atoms with Crippen molar-refractivity contribution in [3.05, 3.63) is 70.3 Å². The molecule has 0 aliphatic heterocycles. The van der Waals surface area contributed by atoms with Gasteiger partial charge in [0.15, 0.2) is 0 Å². The molecule has 0 fully saturated rings. The van der Waals surface area contributed by atoms with Gasteiger partial charge in [-0.2, -0.15) is 0 Å². The summed E-state index contributed by atoms with van der Waals surface area (Å²) in [6.45, 7) is 1.18. The number of fused-ring (bicyclic) bond motifs is 1. The third-order valence-corrected chi connectivity index (χ3v) is 6.92. The molecule has 3 N–H and O–H groups in total. The number of amides is 1. The molecule has 1 unspecified atom stereocenters. The van der Waals surface area contributed by atoms with Crippen molar-refractivity contribution in [2.24, 2.45) is 0 Å². The monoisotopic (exact) mass is 474 g/mol. The predicted octanol–water partition coefficient (Wildman–Crippen LogP) is 1.84. The number of benzene rings is 3. The van der Waals surface area contributed by atoms with Crippen molar-refractivity contribution in [2.45, 2.75) is 6.92 Å². The number of carbonyl (C=O) groups excluding carboxylic acids is 2. The number of nitro groups is 1. The van der Waals surface area contributed by atoms with Gasteiger partial charge in [-0.15, -0.1) is 0 Å². The Morgan fingerprint density at radius 1 is 1.13 bits per heavy atom. The van der Waals surface area contributed by atoms with Crippen molar-refractivity contribution in [2.75, 3.05) is 5.32 Å².